The number of anilines is 1. The summed E-state index contributed by atoms with van der Waals surface area (Å²) < 4.78 is 0. The second kappa shape index (κ2) is 9.58. The molecule has 1 aliphatic carbocycles. The number of carboxylic acids is 1. The number of nitrogens with zero attached hydrogens (tertiary/aromatic N) is 2. The number of hydrogen-bond acceptors (Lipinski definition) is 3. The highest BCUT2D eigenvalue weighted by atomic mass is 79.9. The fraction of sp³-hybridized carbons (Fsp3) is 0.423. The van der Waals surface area contributed by atoms with Gasteiger partial charge in [0.05, 0.1) is 10.5 Å². The van der Waals surface area contributed by atoms with Gasteiger partial charge in [0.15, 0.2) is 0 Å². The predicted octanol–water partition coefficient (Wildman–Crippen LogP) is 6.55. The van der Waals surface area contributed by atoms with Crippen LogP contribution in [-0.2, 0) is 0 Å². The number of carboxylic acid groups (broad SMARTS) is 1. The van der Waals surface area contributed by atoms with E-state index in [1.54, 1.807) is 17.7 Å². The van der Waals surface area contributed by atoms with Gasteiger partial charge in [0.25, 0.3) is 0 Å². The number of aromatic carboxylic acids is 1. The summed E-state index contributed by atoms with van der Waals surface area (Å²) in [6, 6.07) is 15.5. The second-order valence-corrected chi connectivity index (χ2v) is 11.1. The van der Waals surface area contributed by atoms with Crippen molar-refractivity contribution >= 4 is 44.8 Å². The average molecular weight is 518 g/mol. The number of halogens is 2. The molecular weight excluding hydrogens is 488 g/mol. The van der Waals surface area contributed by atoms with Crippen LogP contribution in [0.25, 0.3) is 5.57 Å². The first-order valence-corrected chi connectivity index (χ1v) is 12.4. The molecule has 2 aliphatic rings. The van der Waals surface area contributed by atoms with Crippen LogP contribution >= 0.6 is 27.5 Å². The van der Waals surface area contributed by atoms with Crippen molar-refractivity contribution in [2.24, 2.45) is 5.41 Å². The van der Waals surface area contributed by atoms with Crippen LogP contribution in [0.1, 0.15) is 49.0 Å². The monoisotopic (exact) mass is 516 g/mol. The summed E-state index contributed by atoms with van der Waals surface area (Å²) in [6.07, 6.45) is 3.44. The molecule has 4 rings (SSSR count). The molecule has 0 saturated carbocycles. The van der Waals surface area contributed by atoms with Crippen molar-refractivity contribution in [2.45, 2.75) is 38.1 Å². The Labute approximate surface area is 204 Å². The van der Waals surface area contributed by atoms with Crippen molar-refractivity contribution in [3.05, 3.63) is 70.3 Å². The van der Waals surface area contributed by atoms with Crippen LogP contribution in [0.4, 0.5) is 5.69 Å². The maximum Gasteiger partial charge on any atom is 0.335 e. The van der Waals surface area contributed by atoms with E-state index in [0.717, 1.165) is 49.7 Å². The molecule has 170 valence electrons. The van der Waals surface area contributed by atoms with E-state index in [1.807, 2.05) is 24.3 Å². The number of rotatable bonds is 5. The van der Waals surface area contributed by atoms with Gasteiger partial charge in [-0.25, -0.2) is 4.79 Å². The molecule has 0 aromatic heterocycles. The Bertz CT molecular complexity index is 1000. The first kappa shape index (κ1) is 23.3. The molecule has 0 radical (unpaired) electrons. The van der Waals surface area contributed by atoms with Gasteiger partial charge in [0.2, 0.25) is 0 Å². The lowest BCUT2D eigenvalue weighted by atomic mass is 9.72. The first-order chi connectivity index (χ1) is 15.2. The molecule has 1 fully saturated rings. The highest BCUT2D eigenvalue weighted by molar-refractivity contribution is 9.09. The zero-order chi connectivity index (χ0) is 22.9. The zero-order valence-corrected chi connectivity index (χ0v) is 21.0. The lowest BCUT2D eigenvalue weighted by molar-refractivity contribution is 0.0697. The van der Waals surface area contributed by atoms with Crippen molar-refractivity contribution in [1.29, 1.82) is 0 Å². The van der Waals surface area contributed by atoms with Crippen molar-refractivity contribution < 1.29 is 9.90 Å². The van der Waals surface area contributed by atoms with E-state index in [2.05, 4.69) is 51.7 Å². The highest BCUT2D eigenvalue weighted by Gasteiger charge is 2.31. The van der Waals surface area contributed by atoms with Gasteiger partial charge in [-0.1, -0.05) is 59.1 Å². The van der Waals surface area contributed by atoms with Gasteiger partial charge in [0, 0.05) is 36.9 Å². The van der Waals surface area contributed by atoms with Crippen molar-refractivity contribution in [2.75, 3.05) is 31.1 Å². The zero-order valence-electron chi connectivity index (χ0n) is 18.7. The Morgan fingerprint density at radius 1 is 1.12 bits per heavy atom. The highest BCUT2D eigenvalue weighted by Crippen LogP contribution is 2.43. The number of hydrogen-bond donors (Lipinski definition) is 1. The summed E-state index contributed by atoms with van der Waals surface area (Å²) in [4.78, 5) is 16.2. The molecule has 2 aromatic carbocycles. The molecule has 2 aromatic rings. The second-order valence-electron chi connectivity index (χ2n) is 9.64. The topological polar surface area (TPSA) is 43.8 Å². The van der Waals surface area contributed by atoms with Crippen LogP contribution < -0.4 is 4.90 Å². The molecule has 4 nitrogen and oxygen atoms in total. The largest absolute Gasteiger partial charge is 0.478 e. The number of piperazine rings is 1. The van der Waals surface area contributed by atoms with Crippen LogP contribution in [0.15, 0.2) is 54.1 Å². The third-order valence-electron chi connectivity index (χ3n) is 6.64. The minimum Gasteiger partial charge on any atom is -0.478 e. The maximum absolute atomic E-state index is 11.1. The third kappa shape index (κ3) is 5.38. The Hall–Kier alpha value is -1.82. The molecule has 0 unspecified atom stereocenters. The number of allylic oxidation sites excluding steroid dienone is 1. The van der Waals surface area contributed by atoms with Gasteiger partial charge in [-0.2, -0.15) is 0 Å². The van der Waals surface area contributed by atoms with E-state index < -0.39 is 5.97 Å². The first-order valence-electron chi connectivity index (χ1n) is 11.2. The standard InChI is InChI=1S/C26H30BrClN2O2/c1-26(2)12-11-20(23(15-26)18-3-7-21(28)8-4-18)16-29-13-14-30(24(27)17-29)22-9-5-19(6-10-22)25(31)32/h3-10,24H,11-17H2,1-2H3,(H,31,32)/t24-/m1/s1. The Kier molecular flexibility index (Phi) is 6.99. The van der Waals surface area contributed by atoms with Gasteiger partial charge in [-0.15, -0.1) is 0 Å². The third-order valence-corrected chi connectivity index (χ3v) is 7.68. The number of benzene rings is 2. The van der Waals surface area contributed by atoms with Gasteiger partial charge in [-0.05, 0) is 72.2 Å². The van der Waals surface area contributed by atoms with Gasteiger partial charge >= 0.3 is 5.97 Å². The molecule has 32 heavy (non-hydrogen) atoms. The molecule has 0 amide bonds. The molecule has 1 saturated heterocycles. The van der Waals surface area contributed by atoms with Crippen LogP contribution in [0, 0.1) is 5.41 Å². The Morgan fingerprint density at radius 2 is 1.81 bits per heavy atom. The SMILES string of the molecule is CC1(C)CCC(CN2CCN(c3ccc(C(=O)O)cc3)[C@@H](Br)C2)=C(c2ccc(Cl)cc2)C1. The van der Waals surface area contributed by atoms with Crippen LogP contribution in [0.3, 0.4) is 0 Å². The van der Waals surface area contributed by atoms with Gasteiger partial charge in [-0.3, -0.25) is 4.90 Å². The minimum absolute atomic E-state index is 0.187. The predicted molar refractivity (Wildman–Crippen MR) is 136 cm³/mol. The van der Waals surface area contributed by atoms with E-state index in [1.165, 1.54) is 17.6 Å². The molecular formula is C26H30BrClN2O2. The molecule has 6 heteroatoms. The summed E-state index contributed by atoms with van der Waals surface area (Å²) in [7, 11) is 0. The van der Waals surface area contributed by atoms with E-state index >= 15 is 0 Å². The van der Waals surface area contributed by atoms with Gasteiger partial charge < -0.3 is 10.0 Å². The van der Waals surface area contributed by atoms with E-state index in [9.17, 15) is 4.79 Å². The van der Waals surface area contributed by atoms with Crippen LogP contribution in [0.5, 0.6) is 0 Å². The van der Waals surface area contributed by atoms with Crippen molar-refractivity contribution in [3.8, 4) is 0 Å². The Balaban J connectivity index is 1.48. The minimum atomic E-state index is -0.891. The summed E-state index contributed by atoms with van der Waals surface area (Å²) >= 11 is 10.0. The molecule has 1 heterocycles. The van der Waals surface area contributed by atoms with Crippen LogP contribution in [0.2, 0.25) is 5.02 Å². The van der Waals surface area contributed by atoms with E-state index in [4.69, 9.17) is 16.7 Å². The molecule has 0 bridgehead atoms. The average Bonchev–Trinajstić information content (AvgIpc) is 2.76. The summed E-state index contributed by atoms with van der Waals surface area (Å²) in [6.45, 7) is 8.51. The van der Waals surface area contributed by atoms with Crippen molar-refractivity contribution in [1.82, 2.24) is 4.90 Å². The fourth-order valence-corrected chi connectivity index (χ4v) is 5.73. The van der Waals surface area contributed by atoms with Crippen LogP contribution in [-0.4, -0.2) is 47.1 Å². The quantitative estimate of drug-likeness (QED) is 0.361. The van der Waals surface area contributed by atoms with Crippen molar-refractivity contribution in [3.63, 3.8) is 0 Å². The van der Waals surface area contributed by atoms with E-state index in [0.29, 0.717) is 11.0 Å². The molecule has 1 aliphatic heterocycles. The Morgan fingerprint density at radius 3 is 2.44 bits per heavy atom. The lowest BCUT2D eigenvalue weighted by Gasteiger charge is -2.42. The van der Waals surface area contributed by atoms with E-state index in [-0.39, 0.29) is 4.95 Å². The molecule has 1 N–H and O–H groups in total. The van der Waals surface area contributed by atoms with Gasteiger partial charge in [0.1, 0.15) is 0 Å². The number of carbonyl (C=O) groups is 1. The summed E-state index contributed by atoms with van der Waals surface area (Å²) in [5.74, 6) is -0.891. The lowest BCUT2D eigenvalue weighted by Crippen LogP contribution is -2.51. The summed E-state index contributed by atoms with van der Waals surface area (Å²) in [5, 5.41) is 9.92. The normalized spacial score (nSPS) is 21.6. The summed E-state index contributed by atoms with van der Waals surface area (Å²) in [5.41, 5.74) is 6.01. The smallest absolute Gasteiger partial charge is 0.335 e. The fourth-order valence-electron chi connectivity index (χ4n) is 4.76. The molecule has 0 spiro atoms. The molecule has 1 atom stereocenters. The number of alkyl halides is 1. The maximum atomic E-state index is 11.1.